The summed E-state index contributed by atoms with van der Waals surface area (Å²) in [6, 6.07) is 0. The molecule has 0 spiro atoms. The van der Waals surface area contributed by atoms with E-state index in [0.717, 1.165) is 0 Å². The number of rotatable bonds is 2. The molecule has 0 saturated carbocycles. The smallest absolute Gasteiger partial charge is 0.247 e. The maximum absolute atomic E-state index is 10.8. The minimum atomic E-state index is -0.491. The van der Waals surface area contributed by atoms with E-state index in [9.17, 15) is 4.79 Å². The highest BCUT2D eigenvalue weighted by Gasteiger charge is 2.51. The lowest BCUT2D eigenvalue weighted by Gasteiger charge is -2.00. The first-order valence-corrected chi connectivity index (χ1v) is 4.47. The van der Waals surface area contributed by atoms with Crippen molar-refractivity contribution < 1.29 is 4.79 Å². The highest BCUT2D eigenvalue weighted by atomic mass is 33.2. The summed E-state index contributed by atoms with van der Waals surface area (Å²) in [5.74, 6) is 1.90. The summed E-state index contributed by atoms with van der Waals surface area (Å²) in [5.41, 5.74) is 0. The molecule has 1 heterocycles. The van der Waals surface area contributed by atoms with Crippen molar-refractivity contribution in [2.45, 2.75) is 4.20 Å². The third-order valence-electron chi connectivity index (χ3n) is 1.01. The van der Waals surface area contributed by atoms with Crippen molar-refractivity contribution in [1.29, 1.82) is 0 Å². The molecule has 0 bridgehead atoms. The van der Waals surface area contributed by atoms with E-state index in [1.165, 1.54) is 21.6 Å². The highest BCUT2D eigenvalue weighted by Crippen LogP contribution is 2.62. The lowest BCUT2D eigenvalue weighted by Crippen LogP contribution is -2.32. The summed E-state index contributed by atoms with van der Waals surface area (Å²) in [5, 5.41) is 2.84. The second-order valence-corrected chi connectivity index (χ2v) is 4.32. The van der Waals surface area contributed by atoms with E-state index in [1.54, 1.807) is 7.05 Å². The molecule has 2 nitrogen and oxygen atoms in total. The van der Waals surface area contributed by atoms with E-state index >= 15 is 0 Å². The van der Waals surface area contributed by atoms with Crippen LogP contribution in [-0.2, 0) is 4.79 Å². The van der Waals surface area contributed by atoms with E-state index in [0.29, 0.717) is 0 Å². The van der Waals surface area contributed by atoms with Gasteiger partial charge in [0.1, 0.15) is 0 Å². The van der Waals surface area contributed by atoms with Gasteiger partial charge in [-0.15, -0.1) is 6.42 Å². The first-order valence-electron chi connectivity index (χ1n) is 2.32. The van der Waals surface area contributed by atoms with Crippen molar-refractivity contribution in [2.75, 3.05) is 7.05 Å². The van der Waals surface area contributed by atoms with Crippen LogP contribution in [0.2, 0.25) is 0 Å². The standard InChI is InChI=1S/C5H5NOS2/c1-3-4(7)5(6-2)8-9-5/h1,6H,2H3. The number of nitrogens with one attached hydrogen (secondary N) is 1. The number of carbonyl (C=O) groups is 1. The van der Waals surface area contributed by atoms with Crippen LogP contribution in [0.15, 0.2) is 0 Å². The molecular weight excluding hydrogens is 154 g/mol. The van der Waals surface area contributed by atoms with Gasteiger partial charge < -0.3 is 0 Å². The van der Waals surface area contributed by atoms with Gasteiger partial charge in [-0.2, -0.15) is 0 Å². The number of terminal acetylenes is 1. The second kappa shape index (κ2) is 2.25. The zero-order valence-corrected chi connectivity index (χ0v) is 6.44. The number of hydrogen-bond acceptors (Lipinski definition) is 4. The van der Waals surface area contributed by atoms with E-state index < -0.39 is 4.20 Å². The third kappa shape index (κ3) is 1.08. The van der Waals surface area contributed by atoms with Crippen LogP contribution in [0, 0.1) is 12.3 Å². The van der Waals surface area contributed by atoms with Crippen molar-refractivity contribution in [3.05, 3.63) is 0 Å². The number of Topliss-reactive ketones (excluding diaryl/α,β-unsaturated/α-hetero) is 1. The molecule has 1 rings (SSSR count). The number of likely N-dealkylation sites (N-methyl/N-ethyl adjacent to an activating group) is 1. The molecule has 0 radical (unpaired) electrons. The van der Waals surface area contributed by atoms with Crippen molar-refractivity contribution in [2.24, 2.45) is 0 Å². The predicted molar refractivity (Wildman–Crippen MR) is 40.8 cm³/mol. The van der Waals surface area contributed by atoms with E-state index in [2.05, 4.69) is 11.2 Å². The Kier molecular flexibility index (Phi) is 1.75. The van der Waals surface area contributed by atoms with Gasteiger partial charge in [0, 0.05) is 0 Å². The van der Waals surface area contributed by atoms with E-state index in [1.807, 2.05) is 0 Å². The van der Waals surface area contributed by atoms with E-state index in [-0.39, 0.29) is 5.78 Å². The summed E-state index contributed by atoms with van der Waals surface area (Å²) in [6.45, 7) is 0. The number of carbonyl (C=O) groups excluding carboxylic acids is 1. The Labute approximate surface area is 61.5 Å². The first-order chi connectivity index (χ1) is 4.25. The molecule has 0 aromatic rings. The van der Waals surface area contributed by atoms with Crippen LogP contribution >= 0.6 is 21.6 Å². The Morgan fingerprint density at radius 3 is 2.44 bits per heavy atom. The Morgan fingerprint density at radius 2 is 2.33 bits per heavy atom. The van der Waals surface area contributed by atoms with Gasteiger partial charge in [-0.05, 0) is 34.6 Å². The first kappa shape index (κ1) is 7.00. The van der Waals surface area contributed by atoms with Gasteiger partial charge in [-0.1, -0.05) is 0 Å². The molecule has 1 aliphatic rings. The average Bonchev–Trinajstić information content (AvgIpc) is 2.66. The Morgan fingerprint density at radius 1 is 1.78 bits per heavy atom. The predicted octanol–water partition coefficient (Wildman–Crippen LogP) is 0.457. The molecule has 1 saturated heterocycles. The van der Waals surface area contributed by atoms with Gasteiger partial charge in [-0.3, -0.25) is 10.1 Å². The van der Waals surface area contributed by atoms with Gasteiger partial charge in [0.05, 0.1) is 0 Å². The van der Waals surface area contributed by atoms with Gasteiger partial charge in [0.15, 0.2) is 0 Å². The molecule has 4 heteroatoms. The molecule has 0 unspecified atom stereocenters. The summed E-state index contributed by atoms with van der Waals surface area (Å²) in [7, 11) is 4.65. The van der Waals surface area contributed by atoms with E-state index in [4.69, 9.17) is 6.42 Å². The maximum atomic E-state index is 10.8. The largest absolute Gasteiger partial charge is 0.289 e. The van der Waals surface area contributed by atoms with Crippen molar-refractivity contribution in [3.63, 3.8) is 0 Å². The number of ketones is 1. The van der Waals surface area contributed by atoms with Crippen LogP contribution in [0.3, 0.4) is 0 Å². The Balaban J connectivity index is 2.63. The summed E-state index contributed by atoms with van der Waals surface area (Å²) in [6.07, 6.45) is 4.91. The quantitative estimate of drug-likeness (QED) is 0.274. The van der Waals surface area contributed by atoms with Gasteiger partial charge in [-0.25, -0.2) is 0 Å². The third-order valence-corrected chi connectivity index (χ3v) is 3.79. The molecule has 48 valence electrons. The van der Waals surface area contributed by atoms with Crippen LogP contribution in [0.25, 0.3) is 0 Å². The molecular formula is C5H5NOS2. The fourth-order valence-electron chi connectivity index (χ4n) is 0.409. The zero-order chi connectivity index (χ0) is 6.91. The Bertz CT molecular complexity index is 180. The second-order valence-electron chi connectivity index (χ2n) is 1.51. The molecule has 1 aliphatic heterocycles. The SMILES string of the molecule is C#CC(=O)C1(NC)SS1. The molecule has 1 N–H and O–H groups in total. The topological polar surface area (TPSA) is 29.1 Å². The van der Waals surface area contributed by atoms with Crippen LogP contribution < -0.4 is 5.32 Å². The van der Waals surface area contributed by atoms with Crippen LogP contribution in [0.4, 0.5) is 0 Å². The molecule has 0 amide bonds. The molecule has 1 fully saturated rings. The monoisotopic (exact) mass is 159 g/mol. The van der Waals surface area contributed by atoms with Crippen molar-refractivity contribution in [3.8, 4) is 12.3 Å². The van der Waals surface area contributed by atoms with Crippen LogP contribution in [0.1, 0.15) is 0 Å². The van der Waals surface area contributed by atoms with Gasteiger partial charge in [0.2, 0.25) is 9.99 Å². The minimum absolute atomic E-state index is 0.181. The highest BCUT2D eigenvalue weighted by molar-refractivity contribution is 8.94. The number of hydrogen-bond donors (Lipinski definition) is 1. The summed E-state index contributed by atoms with van der Waals surface area (Å²) >= 11 is 0. The lowest BCUT2D eigenvalue weighted by molar-refractivity contribution is -0.114. The van der Waals surface area contributed by atoms with Crippen LogP contribution in [0.5, 0.6) is 0 Å². The molecule has 0 aromatic carbocycles. The fourth-order valence-corrected chi connectivity index (χ4v) is 2.13. The summed E-state index contributed by atoms with van der Waals surface area (Å²) < 4.78 is -0.491. The average molecular weight is 159 g/mol. The lowest BCUT2D eigenvalue weighted by atomic mass is 10.4. The molecule has 0 aromatic heterocycles. The van der Waals surface area contributed by atoms with Crippen molar-refractivity contribution >= 4 is 27.4 Å². The minimum Gasteiger partial charge on any atom is -0.289 e. The zero-order valence-electron chi connectivity index (χ0n) is 4.80. The molecule has 0 aliphatic carbocycles. The molecule has 9 heavy (non-hydrogen) atoms. The normalized spacial score (nSPS) is 20.4. The molecule has 0 atom stereocenters. The summed E-state index contributed by atoms with van der Waals surface area (Å²) in [4.78, 5) is 10.8. The Hall–Kier alpha value is -0.110. The maximum Gasteiger partial charge on any atom is 0.247 e. The van der Waals surface area contributed by atoms with Gasteiger partial charge >= 0.3 is 0 Å². The van der Waals surface area contributed by atoms with Crippen LogP contribution in [-0.4, -0.2) is 17.0 Å². The van der Waals surface area contributed by atoms with Crippen molar-refractivity contribution in [1.82, 2.24) is 5.32 Å². The fraction of sp³-hybridized carbons (Fsp3) is 0.400. The van der Waals surface area contributed by atoms with Gasteiger partial charge in [0.25, 0.3) is 0 Å².